The fourth-order valence-electron chi connectivity index (χ4n) is 1.11. The third kappa shape index (κ3) is 1.56. The zero-order chi connectivity index (χ0) is 9.35. The van der Waals surface area contributed by atoms with Crippen LogP contribution in [-0.4, -0.2) is 43.1 Å². The molecule has 3 nitrogen and oxygen atoms in total. The third-order valence-corrected chi connectivity index (χ3v) is 6.46. The lowest BCUT2D eigenvalue weighted by Crippen LogP contribution is -2.19. The van der Waals surface area contributed by atoms with E-state index in [2.05, 4.69) is 5.92 Å². The summed E-state index contributed by atoms with van der Waals surface area (Å²) >= 11 is 5.40. The second kappa shape index (κ2) is 3.45. The van der Waals surface area contributed by atoms with Crippen molar-refractivity contribution in [2.75, 3.05) is 27.7 Å². The SMILES string of the molecule is C#CC1CN(C)P(=S)(N(C)C)O1. The van der Waals surface area contributed by atoms with E-state index < -0.39 is 6.57 Å². The van der Waals surface area contributed by atoms with E-state index >= 15 is 0 Å². The number of rotatable bonds is 1. The van der Waals surface area contributed by atoms with E-state index in [4.69, 9.17) is 22.8 Å². The van der Waals surface area contributed by atoms with Gasteiger partial charge < -0.3 is 4.52 Å². The van der Waals surface area contributed by atoms with Gasteiger partial charge in [0.2, 0.25) is 6.57 Å². The minimum absolute atomic E-state index is 0.136. The van der Waals surface area contributed by atoms with Gasteiger partial charge in [0.25, 0.3) is 0 Å². The van der Waals surface area contributed by atoms with Crippen molar-refractivity contribution in [2.24, 2.45) is 0 Å². The summed E-state index contributed by atoms with van der Waals surface area (Å²) in [6.07, 6.45) is 5.13. The van der Waals surface area contributed by atoms with E-state index in [1.165, 1.54) is 0 Å². The van der Waals surface area contributed by atoms with Crippen molar-refractivity contribution >= 4 is 18.4 Å². The largest absolute Gasteiger partial charge is 0.309 e. The number of hydrogen-bond donors (Lipinski definition) is 0. The van der Waals surface area contributed by atoms with Crippen LogP contribution in [0.3, 0.4) is 0 Å². The Hall–Kier alpha value is 0.0900. The second-order valence-corrected chi connectivity index (χ2v) is 7.04. The van der Waals surface area contributed by atoms with Crippen molar-refractivity contribution in [2.45, 2.75) is 6.10 Å². The van der Waals surface area contributed by atoms with E-state index in [0.29, 0.717) is 0 Å². The van der Waals surface area contributed by atoms with Gasteiger partial charge in [-0.2, -0.15) is 0 Å². The van der Waals surface area contributed by atoms with Crippen LogP contribution in [0.25, 0.3) is 0 Å². The molecular formula is C7H13N2OPS. The summed E-state index contributed by atoms with van der Waals surface area (Å²) < 4.78 is 9.59. The van der Waals surface area contributed by atoms with Crippen molar-refractivity contribution in [3.8, 4) is 12.3 Å². The molecule has 2 atom stereocenters. The first-order valence-corrected chi connectivity index (χ1v) is 6.27. The Bertz CT molecular complexity index is 261. The normalized spacial score (nSPS) is 37.1. The second-order valence-electron chi connectivity index (χ2n) is 2.94. The summed E-state index contributed by atoms with van der Waals surface area (Å²) in [6, 6.07) is 0. The topological polar surface area (TPSA) is 15.7 Å². The quantitative estimate of drug-likeness (QED) is 0.462. The van der Waals surface area contributed by atoms with Gasteiger partial charge in [-0.3, -0.25) is 0 Å². The molecule has 2 unspecified atom stereocenters. The van der Waals surface area contributed by atoms with Gasteiger partial charge in [0, 0.05) is 6.54 Å². The van der Waals surface area contributed by atoms with Crippen molar-refractivity contribution in [3.63, 3.8) is 0 Å². The Morgan fingerprint density at radius 3 is 2.58 bits per heavy atom. The minimum Gasteiger partial charge on any atom is -0.309 e. The van der Waals surface area contributed by atoms with Crippen LogP contribution in [-0.2, 0) is 16.3 Å². The van der Waals surface area contributed by atoms with Gasteiger partial charge in [-0.15, -0.1) is 6.42 Å². The molecule has 0 bridgehead atoms. The summed E-state index contributed by atoms with van der Waals surface area (Å²) in [5, 5.41) is 0. The molecule has 0 saturated carbocycles. The Labute approximate surface area is 78.9 Å². The van der Waals surface area contributed by atoms with Crippen LogP contribution in [0.5, 0.6) is 0 Å². The highest BCUT2D eigenvalue weighted by Crippen LogP contribution is 2.56. The molecule has 0 aromatic heterocycles. The van der Waals surface area contributed by atoms with E-state index in [1.807, 2.05) is 30.5 Å². The van der Waals surface area contributed by atoms with Crippen LogP contribution >= 0.6 is 6.57 Å². The molecule has 0 spiro atoms. The lowest BCUT2D eigenvalue weighted by molar-refractivity contribution is 0.308. The maximum atomic E-state index is 5.61. The molecule has 5 heteroatoms. The molecule has 68 valence electrons. The first-order chi connectivity index (χ1) is 5.50. The first kappa shape index (κ1) is 10.2. The third-order valence-electron chi connectivity index (χ3n) is 1.82. The van der Waals surface area contributed by atoms with E-state index in [-0.39, 0.29) is 6.10 Å². The average Bonchev–Trinajstić information content (AvgIpc) is 2.29. The van der Waals surface area contributed by atoms with Crippen molar-refractivity contribution in [3.05, 3.63) is 0 Å². The molecule has 0 N–H and O–H groups in total. The number of terminal acetylenes is 1. The van der Waals surface area contributed by atoms with Gasteiger partial charge in [0.1, 0.15) is 6.10 Å². The highest BCUT2D eigenvalue weighted by molar-refractivity contribution is 8.10. The molecule has 1 saturated heterocycles. The van der Waals surface area contributed by atoms with Crippen LogP contribution in [0.2, 0.25) is 0 Å². The standard InChI is InChI=1S/C7H13N2OPS/c1-5-7-6-9(4)11(12,10-7)8(2)3/h1,7H,6H2,2-4H3. The molecule has 1 aliphatic heterocycles. The van der Waals surface area contributed by atoms with Crippen molar-refractivity contribution in [1.82, 2.24) is 9.34 Å². The molecule has 0 radical (unpaired) electrons. The van der Waals surface area contributed by atoms with Gasteiger partial charge in [-0.1, -0.05) is 5.92 Å². The van der Waals surface area contributed by atoms with Crippen LogP contribution in [0.4, 0.5) is 0 Å². The molecule has 0 aromatic carbocycles. The number of nitrogens with zero attached hydrogens (tertiary/aromatic N) is 2. The maximum absolute atomic E-state index is 5.61. The lowest BCUT2D eigenvalue weighted by Gasteiger charge is -2.28. The zero-order valence-corrected chi connectivity index (χ0v) is 9.23. The molecule has 1 aliphatic rings. The molecule has 0 aliphatic carbocycles. The number of hydrogen-bond acceptors (Lipinski definition) is 2. The smallest absolute Gasteiger partial charge is 0.203 e. The van der Waals surface area contributed by atoms with Crippen molar-refractivity contribution < 1.29 is 4.52 Å². The summed E-state index contributed by atoms with van der Waals surface area (Å²) in [5.41, 5.74) is 0. The molecule has 1 fully saturated rings. The Morgan fingerprint density at radius 1 is 1.75 bits per heavy atom. The predicted octanol–water partition coefficient (Wildman–Crippen LogP) is 0.736. The minimum atomic E-state index is -1.95. The van der Waals surface area contributed by atoms with Gasteiger partial charge >= 0.3 is 0 Å². The fraction of sp³-hybridized carbons (Fsp3) is 0.714. The lowest BCUT2D eigenvalue weighted by atomic mass is 10.4. The van der Waals surface area contributed by atoms with Crippen LogP contribution in [0.1, 0.15) is 0 Å². The Kier molecular flexibility index (Phi) is 2.92. The van der Waals surface area contributed by atoms with E-state index in [1.54, 1.807) is 0 Å². The predicted molar refractivity (Wildman–Crippen MR) is 54.3 cm³/mol. The summed E-state index contributed by atoms with van der Waals surface area (Å²) in [6.45, 7) is -1.21. The zero-order valence-electron chi connectivity index (χ0n) is 7.52. The molecule has 1 rings (SSSR count). The molecule has 0 amide bonds. The first-order valence-electron chi connectivity index (χ1n) is 3.64. The Balaban J connectivity index is 2.83. The van der Waals surface area contributed by atoms with Gasteiger partial charge in [-0.05, 0) is 32.9 Å². The molecule has 12 heavy (non-hydrogen) atoms. The van der Waals surface area contributed by atoms with Crippen molar-refractivity contribution in [1.29, 1.82) is 0 Å². The fourth-order valence-corrected chi connectivity index (χ4v) is 3.39. The van der Waals surface area contributed by atoms with E-state index in [0.717, 1.165) is 6.54 Å². The van der Waals surface area contributed by atoms with Gasteiger partial charge in [0.15, 0.2) is 0 Å². The summed E-state index contributed by atoms with van der Waals surface area (Å²) in [5.74, 6) is 2.57. The van der Waals surface area contributed by atoms with Crippen LogP contribution < -0.4 is 0 Å². The van der Waals surface area contributed by atoms with Gasteiger partial charge in [0.05, 0.1) is 0 Å². The maximum Gasteiger partial charge on any atom is 0.203 e. The van der Waals surface area contributed by atoms with Crippen LogP contribution in [0.15, 0.2) is 0 Å². The monoisotopic (exact) mass is 204 g/mol. The average molecular weight is 204 g/mol. The summed E-state index contributed by atoms with van der Waals surface area (Å²) in [7, 11) is 5.81. The molecule has 1 heterocycles. The number of likely N-dealkylation sites (N-methyl/N-ethyl adjacent to an activating group) is 1. The van der Waals surface area contributed by atoms with Crippen LogP contribution in [0, 0.1) is 12.3 Å². The Morgan fingerprint density at radius 2 is 2.33 bits per heavy atom. The summed E-state index contributed by atoms with van der Waals surface area (Å²) in [4.78, 5) is 0. The molecule has 0 aromatic rings. The van der Waals surface area contributed by atoms with E-state index in [9.17, 15) is 0 Å². The highest BCUT2D eigenvalue weighted by atomic mass is 32.5. The molecular weight excluding hydrogens is 191 g/mol. The van der Waals surface area contributed by atoms with Gasteiger partial charge in [-0.25, -0.2) is 9.34 Å². The highest BCUT2D eigenvalue weighted by Gasteiger charge is 2.37.